The van der Waals surface area contributed by atoms with Crippen molar-refractivity contribution in [1.29, 1.82) is 5.26 Å². The molecule has 0 spiro atoms. The molecule has 2 aliphatic heterocycles. The Kier molecular flexibility index (Phi) is 6.62. The molecule has 2 aromatic rings. The van der Waals surface area contributed by atoms with Gasteiger partial charge in [-0.3, -0.25) is 4.98 Å². The number of nitrogens with zero attached hydrogens (tertiary/aromatic N) is 4. The largest absolute Gasteiger partial charge is 0.370 e. The number of nitriles is 1. The molecule has 0 radical (unpaired) electrons. The highest BCUT2D eigenvalue weighted by molar-refractivity contribution is 5.95. The Labute approximate surface area is 192 Å². The highest BCUT2D eigenvalue weighted by Gasteiger charge is 2.31. The number of hydrogen-bond donors (Lipinski definition) is 0. The first kappa shape index (κ1) is 21.7. The van der Waals surface area contributed by atoms with Crippen LogP contribution in [0.2, 0.25) is 0 Å². The van der Waals surface area contributed by atoms with Crippen LogP contribution in [0.4, 0.5) is 5.69 Å². The first-order chi connectivity index (χ1) is 15.7. The fourth-order valence-electron chi connectivity index (χ4n) is 6.37. The van der Waals surface area contributed by atoms with Gasteiger partial charge in [-0.15, -0.1) is 0 Å². The number of rotatable bonds is 4. The van der Waals surface area contributed by atoms with E-state index in [2.05, 4.69) is 39.9 Å². The minimum atomic E-state index is 0.191. The van der Waals surface area contributed by atoms with Gasteiger partial charge < -0.3 is 14.5 Å². The number of piperidine rings is 1. The van der Waals surface area contributed by atoms with Crippen LogP contribution in [-0.4, -0.2) is 54.8 Å². The van der Waals surface area contributed by atoms with E-state index in [-0.39, 0.29) is 12.2 Å². The van der Waals surface area contributed by atoms with Crippen LogP contribution in [0.1, 0.15) is 57.4 Å². The number of aromatic nitrogens is 1. The Bertz CT molecular complexity index is 956. The molecule has 1 saturated carbocycles. The summed E-state index contributed by atoms with van der Waals surface area (Å²) >= 11 is 0. The van der Waals surface area contributed by atoms with Crippen molar-refractivity contribution in [2.45, 2.75) is 64.1 Å². The molecule has 1 aromatic carbocycles. The van der Waals surface area contributed by atoms with E-state index in [1.807, 2.05) is 12.1 Å². The van der Waals surface area contributed by atoms with Gasteiger partial charge in [-0.05, 0) is 69.0 Å². The lowest BCUT2D eigenvalue weighted by Crippen LogP contribution is -2.52. The van der Waals surface area contributed by atoms with Crippen molar-refractivity contribution in [3.63, 3.8) is 0 Å². The molecule has 5 heteroatoms. The van der Waals surface area contributed by atoms with Crippen molar-refractivity contribution in [1.82, 2.24) is 9.88 Å². The summed E-state index contributed by atoms with van der Waals surface area (Å²) in [7, 11) is 0. The number of likely N-dealkylation sites (tertiary alicyclic amines) is 1. The van der Waals surface area contributed by atoms with E-state index >= 15 is 0 Å². The molecule has 3 heterocycles. The van der Waals surface area contributed by atoms with E-state index in [0.717, 1.165) is 42.4 Å². The Morgan fingerprint density at radius 3 is 2.59 bits per heavy atom. The summed E-state index contributed by atoms with van der Waals surface area (Å²) in [5.41, 5.74) is 2.61. The summed E-state index contributed by atoms with van der Waals surface area (Å²) in [6, 6.07) is 10.3. The van der Waals surface area contributed by atoms with Crippen molar-refractivity contribution in [3.05, 3.63) is 36.0 Å². The maximum Gasteiger partial charge on any atom is 0.101 e. The number of anilines is 1. The highest BCUT2D eigenvalue weighted by Crippen LogP contribution is 2.36. The SMILES string of the molecule is C[C@@H]1CN(c2ccc(C#N)c3ncccc23)C[C@@H](CN2CCC(C3CCCCC3)CC2)O1. The second-order valence-electron chi connectivity index (χ2n) is 10.2. The van der Waals surface area contributed by atoms with Crippen LogP contribution in [0.5, 0.6) is 0 Å². The fourth-order valence-corrected chi connectivity index (χ4v) is 6.37. The molecule has 5 rings (SSSR count). The molecule has 3 fully saturated rings. The normalized spacial score (nSPS) is 26.3. The van der Waals surface area contributed by atoms with Crippen LogP contribution in [0.25, 0.3) is 10.9 Å². The van der Waals surface area contributed by atoms with Gasteiger partial charge in [0.15, 0.2) is 0 Å². The fraction of sp³-hybridized carbons (Fsp3) is 0.630. The van der Waals surface area contributed by atoms with E-state index in [1.54, 1.807) is 6.20 Å². The van der Waals surface area contributed by atoms with Gasteiger partial charge in [-0.2, -0.15) is 5.26 Å². The second-order valence-corrected chi connectivity index (χ2v) is 10.2. The highest BCUT2D eigenvalue weighted by atomic mass is 16.5. The molecule has 32 heavy (non-hydrogen) atoms. The minimum absolute atomic E-state index is 0.191. The molecule has 0 bridgehead atoms. The Morgan fingerprint density at radius 2 is 1.81 bits per heavy atom. The monoisotopic (exact) mass is 432 g/mol. The first-order valence-corrected chi connectivity index (χ1v) is 12.6. The predicted octanol–water partition coefficient (Wildman–Crippen LogP) is 4.99. The molecule has 1 aromatic heterocycles. The maximum absolute atomic E-state index is 9.48. The second kappa shape index (κ2) is 9.77. The molecule has 0 unspecified atom stereocenters. The zero-order chi connectivity index (χ0) is 21.9. The third-order valence-electron chi connectivity index (χ3n) is 7.94. The predicted molar refractivity (Wildman–Crippen MR) is 129 cm³/mol. The molecular weight excluding hydrogens is 396 g/mol. The maximum atomic E-state index is 9.48. The number of fused-ring (bicyclic) bond motifs is 1. The van der Waals surface area contributed by atoms with E-state index < -0.39 is 0 Å². The van der Waals surface area contributed by atoms with Gasteiger partial charge in [0.2, 0.25) is 0 Å². The standard InChI is InChI=1S/C27H36N4O/c1-20-17-31(26-10-9-23(16-28)27-25(26)8-5-13-29-27)19-24(32-20)18-30-14-11-22(12-15-30)21-6-3-2-4-7-21/h5,8-10,13,20-22,24H,2-4,6-7,11-12,14-15,17-19H2,1H3/t20-,24-/m1/s1. The Morgan fingerprint density at radius 1 is 1.03 bits per heavy atom. The lowest BCUT2D eigenvalue weighted by Gasteiger charge is -2.42. The van der Waals surface area contributed by atoms with Crippen LogP contribution in [-0.2, 0) is 4.74 Å². The summed E-state index contributed by atoms with van der Waals surface area (Å²) in [6.07, 6.45) is 12.2. The number of pyridine rings is 1. The topological polar surface area (TPSA) is 52.4 Å². The average molecular weight is 433 g/mol. The molecule has 170 valence electrons. The smallest absolute Gasteiger partial charge is 0.101 e. The molecule has 0 amide bonds. The number of hydrogen-bond acceptors (Lipinski definition) is 5. The lowest BCUT2D eigenvalue weighted by molar-refractivity contribution is -0.0376. The van der Waals surface area contributed by atoms with Crippen LogP contribution >= 0.6 is 0 Å². The molecule has 5 nitrogen and oxygen atoms in total. The van der Waals surface area contributed by atoms with Gasteiger partial charge in [0.05, 0.1) is 23.3 Å². The number of benzene rings is 1. The Hall–Kier alpha value is -2.16. The minimum Gasteiger partial charge on any atom is -0.370 e. The first-order valence-electron chi connectivity index (χ1n) is 12.6. The van der Waals surface area contributed by atoms with Gasteiger partial charge in [0.25, 0.3) is 0 Å². The van der Waals surface area contributed by atoms with E-state index in [9.17, 15) is 5.26 Å². The van der Waals surface area contributed by atoms with Gasteiger partial charge in [-0.1, -0.05) is 32.1 Å². The van der Waals surface area contributed by atoms with Crippen molar-refractivity contribution >= 4 is 16.6 Å². The van der Waals surface area contributed by atoms with Crippen molar-refractivity contribution in [3.8, 4) is 6.07 Å². The summed E-state index contributed by atoms with van der Waals surface area (Å²) < 4.78 is 6.39. The van der Waals surface area contributed by atoms with Crippen LogP contribution in [0.15, 0.2) is 30.5 Å². The van der Waals surface area contributed by atoms with Crippen LogP contribution in [0, 0.1) is 23.2 Å². The number of morpholine rings is 1. The molecule has 2 atom stereocenters. The molecule has 2 saturated heterocycles. The third kappa shape index (κ3) is 4.63. The van der Waals surface area contributed by atoms with Crippen molar-refractivity contribution in [2.24, 2.45) is 11.8 Å². The van der Waals surface area contributed by atoms with E-state index in [0.29, 0.717) is 5.56 Å². The van der Waals surface area contributed by atoms with Gasteiger partial charge in [-0.25, -0.2) is 0 Å². The quantitative estimate of drug-likeness (QED) is 0.681. The van der Waals surface area contributed by atoms with Crippen LogP contribution in [0.3, 0.4) is 0 Å². The lowest BCUT2D eigenvalue weighted by atomic mass is 9.76. The van der Waals surface area contributed by atoms with E-state index in [1.165, 1.54) is 63.7 Å². The van der Waals surface area contributed by atoms with Gasteiger partial charge in [0, 0.05) is 36.9 Å². The zero-order valence-corrected chi connectivity index (χ0v) is 19.4. The third-order valence-corrected chi connectivity index (χ3v) is 7.94. The molecule has 0 N–H and O–H groups in total. The van der Waals surface area contributed by atoms with E-state index in [4.69, 9.17) is 4.74 Å². The van der Waals surface area contributed by atoms with Gasteiger partial charge >= 0.3 is 0 Å². The molecular formula is C27H36N4O. The average Bonchev–Trinajstić information content (AvgIpc) is 2.84. The summed E-state index contributed by atoms with van der Waals surface area (Å²) in [6.45, 7) is 7.40. The van der Waals surface area contributed by atoms with Crippen molar-refractivity contribution < 1.29 is 4.74 Å². The molecule has 3 aliphatic rings. The Balaban J connectivity index is 1.24. The van der Waals surface area contributed by atoms with Gasteiger partial charge in [0.1, 0.15) is 6.07 Å². The van der Waals surface area contributed by atoms with Crippen molar-refractivity contribution in [2.75, 3.05) is 37.6 Å². The number of ether oxygens (including phenoxy) is 1. The summed E-state index contributed by atoms with van der Waals surface area (Å²) in [4.78, 5) is 9.58. The summed E-state index contributed by atoms with van der Waals surface area (Å²) in [5, 5.41) is 10.5. The van der Waals surface area contributed by atoms with Crippen LogP contribution < -0.4 is 4.90 Å². The zero-order valence-electron chi connectivity index (χ0n) is 19.4. The summed E-state index contributed by atoms with van der Waals surface area (Å²) in [5.74, 6) is 1.94. The molecule has 1 aliphatic carbocycles.